The van der Waals surface area contributed by atoms with Crippen LogP contribution in [0.25, 0.3) is 6.08 Å². The maximum absolute atomic E-state index is 12.5. The Morgan fingerprint density at radius 3 is 2.63 bits per heavy atom. The van der Waals surface area contributed by atoms with Crippen molar-refractivity contribution in [2.75, 3.05) is 12.3 Å². The monoisotopic (exact) mass is 339 g/mol. The summed E-state index contributed by atoms with van der Waals surface area (Å²) in [6.45, 7) is 1.80. The van der Waals surface area contributed by atoms with Crippen LogP contribution in [0.4, 0.5) is 19.0 Å². The Morgan fingerprint density at radius 2 is 2.11 bits per heavy atom. The van der Waals surface area contributed by atoms with Gasteiger partial charge in [0.05, 0.1) is 6.61 Å². The number of hydrogen-bond donors (Lipinski definition) is 1. The molecule has 0 aliphatic heterocycles. The summed E-state index contributed by atoms with van der Waals surface area (Å²) in [5.41, 5.74) is 4.06. The summed E-state index contributed by atoms with van der Waals surface area (Å²) >= 11 is 2.66. The van der Waals surface area contributed by atoms with E-state index < -0.39 is 28.3 Å². The van der Waals surface area contributed by atoms with E-state index in [9.17, 15) is 18.0 Å². The number of anilines is 1. The van der Waals surface area contributed by atoms with E-state index in [1.54, 1.807) is 6.92 Å². The fourth-order valence-corrected chi connectivity index (χ4v) is 1.58. The normalized spacial score (nSPS) is 11.8. The van der Waals surface area contributed by atoms with Gasteiger partial charge in [-0.3, -0.25) is 0 Å². The van der Waals surface area contributed by atoms with Gasteiger partial charge in [0.2, 0.25) is 0 Å². The Morgan fingerprint density at radius 1 is 1.47 bits per heavy atom. The molecule has 1 aromatic rings. The Balaban J connectivity index is 3.06. The zero-order valence-corrected chi connectivity index (χ0v) is 11.2. The number of aromatic nitrogens is 2. The van der Waals surface area contributed by atoms with Crippen LogP contribution in [0.2, 0.25) is 0 Å². The maximum atomic E-state index is 12.5. The number of carbonyl (C=O) groups is 1. The van der Waals surface area contributed by atoms with E-state index in [1.165, 1.54) is 0 Å². The van der Waals surface area contributed by atoms with Crippen LogP contribution in [-0.4, -0.2) is 22.5 Å². The predicted octanol–water partition coefficient (Wildman–Crippen LogP) is 2.42. The van der Waals surface area contributed by atoms with Crippen molar-refractivity contribution in [3.63, 3.8) is 0 Å². The number of esters is 1. The van der Waals surface area contributed by atoms with Gasteiger partial charge in [0.25, 0.3) is 0 Å². The highest BCUT2D eigenvalue weighted by Gasteiger charge is 2.36. The first-order valence-corrected chi connectivity index (χ1v) is 5.80. The summed E-state index contributed by atoms with van der Waals surface area (Å²) in [5, 5.41) is 0. The summed E-state index contributed by atoms with van der Waals surface area (Å²) in [7, 11) is 0. The lowest BCUT2D eigenvalue weighted by Gasteiger charge is -2.09. The molecule has 0 spiro atoms. The third-order valence-corrected chi connectivity index (χ3v) is 2.39. The van der Waals surface area contributed by atoms with E-state index in [0.717, 1.165) is 12.2 Å². The molecule has 1 rings (SSSR count). The maximum Gasteiger partial charge on any atom is 0.436 e. The van der Waals surface area contributed by atoms with Crippen LogP contribution in [0.15, 0.2) is 10.7 Å². The van der Waals surface area contributed by atoms with Crippen molar-refractivity contribution in [1.29, 1.82) is 0 Å². The first-order chi connectivity index (χ1) is 8.75. The molecule has 0 amide bonds. The number of nitrogens with two attached hydrogens (primary N) is 1. The lowest BCUT2D eigenvalue weighted by Crippen LogP contribution is -2.13. The van der Waals surface area contributed by atoms with Gasteiger partial charge in [-0.1, -0.05) is 0 Å². The van der Waals surface area contributed by atoms with Crippen LogP contribution >= 0.6 is 15.9 Å². The summed E-state index contributed by atoms with van der Waals surface area (Å²) in [6, 6.07) is 0. The molecule has 0 bridgehead atoms. The van der Waals surface area contributed by atoms with Crippen LogP contribution in [0, 0.1) is 0 Å². The molecule has 0 unspecified atom stereocenters. The van der Waals surface area contributed by atoms with Crippen molar-refractivity contribution in [3.8, 4) is 0 Å². The standard InChI is InChI=1S/C10H9BrF3N3O2/c1-2-19-6(18)4-3-5-9(15)17-7(8(11)16-5)10(12,13)14/h3-4H,2H2,1H3,(H2,15,17). The quantitative estimate of drug-likeness (QED) is 0.675. The van der Waals surface area contributed by atoms with Gasteiger partial charge in [0.1, 0.15) is 16.1 Å². The second-order valence-electron chi connectivity index (χ2n) is 3.22. The number of carbonyl (C=O) groups excluding carboxylic acids is 1. The smallest absolute Gasteiger partial charge is 0.436 e. The molecule has 0 aromatic carbocycles. The molecule has 2 N–H and O–H groups in total. The van der Waals surface area contributed by atoms with Gasteiger partial charge < -0.3 is 10.5 Å². The Labute approximate surface area is 114 Å². The third kappa shape index (κ3) is 4.19. The lowest BCUT2D eigenvalue weighted by atomic mass is 10.3. The topological polar surface area (TPSA) is 78.1 Å². The lowest BCUT2D eigenvalue weighted by molar-refractivity contribution is -0.142. The number of halogens is 4. The number of hydrogen-bond acceptors (Lipinski definition) is 5. The largest absolute Gasteiger partial charge is 0.463 e. The van der Waals surface area contributed by atoms with Crippen molar-refractivity contribution in [3.05, 3.63) is 22.1 Å². The van der Waals surface area contributed by atoms with Crippen molar-refractivity contribution in [1.82, 2.24) is 9.97 Å². The van der Waals surface area contributed by atoms with E-state index in [-0.39, 0.29) is 12.3 Å². The Hall–Kier alpha value is -1.64. The molecule has 0 saturated carbocycles. The molecular formula is C10H9BrF3N3O2. The van der Waals surface area contributed by atoms with Gasteiger partial charge in [-0.15, -0.1) is 0 Å². The number of nitrogen functional groups attached to an aromatic ring is 1. The van der Waals surface area contributed by atoms with Gasteiger partial charge in [0.15, 0.2) is 5.69 Å². The molecule has 0 saturated heterocycles. The minimum absolute atomic E-state index is 0.0621. The number of alkyl halides is 3. The molecule has 1 heterocycles. The highest BCUT2D eigenvalue weighted by molar-refractivity contribution is 9.10. The molecule has 104 valence electrons. The number of nitrogens with zero attached hydrogens (tertiary/aromatic N) is 2. The molecule has 0 atom stereocenters. The molecule has 9 heteroatoms. The van der Waals surface area contributed by atoms with Crippen molar-refractivity contribution >= 4 is 33.8 Å². The van der Waals surface area contributed by atoms with Crippen LogP contribution in [0.5, 0.6) is 0 Å². The summed E-state index contributed by atoms with van der Waals surface area (Å²) in [4.78, 5) is 17.8. The molecule has 0 aliphatic carbocycles. The van der Waals surface area contributed by atoms with E-state index in [0.29, 0.717) is 0 Å². The Bertz CT molecular complexity index is 517. The molecule has 19 heavy (non-hydrogen) atoms. The predicted molar refractivity (Wildman–Crippen MR) is 64.8 cm³/mol. The second-order valence-corrected chi connectivity index (χ2v) is 3.97. The zero-order valence-electron chi connectivity index (χ0n) is 9.66. The highest BCUT2D eigenvalue weighted by atomic mass is 79.9. The molecule has 0 aliphatic rings. The molecule has 5 nitrogen and oxygen atoms in total. The summed E-state index contributed by atoms with van der Waals surface area (Å²) in [5.74, 6) is -1.09. The fraction of sp³-hybridized carbons (Fsp3) is 0.300. The van der Waals surface area contributed by atoms with Crippen LogP contribution in [0.3, 0.4) is 0 Å². The van der Waals surface area contributed by atoms with Crippen molar-refractivity contribution in [2.45, 2.75) is 13.1 Å². The minimum Gasteiger partial charge on any atom is -0.463 e. The van der Waals surface area contributed by atoms with Gasteiger partial charge in [-0.05, 0) is 28.9 Å². The van der Waals surface area contributed by atoms with E-state index >= 15 is 0 Å². The third-order valence-electron chi connectivity index (χ3n) is 1.84. The number of rotatable bonds is 3. The molecule has 0 fully saturated rings. The van der Waals surface area contributed by atoms with Crippen molar-refractivity contribution < 1.29 is 22.7 Å². The molecule has 0 radical (unpaired) electrons. The van der Waals surface area contributed by atoms with E-state index in [4.69, 9.17) is 5.73 Å². The van der Waals surface area contributed by atoms with Crippen LogP contribution in [0.1, 0.15) is 18.3 Å². The van der Waals surface area contributed by atoms with E-state index in [1.807, 2.05) is 0 Å². The number of ether oxygens (including phenoxy) is 1. The van der Waals surface area contributed by atoms with Gasteiger partial charge in [0, 0.05) is 6.08 Å². The Kier molecular flexibility index (Phi) is 4.87. The van der Waals surface area contributed by atoms with Gasteiger partial charge in [-0.2, -0.15) is 13.2 Å². The minimum atomic E-state index is -4.66. The van der Waals surface area contributed by atoms with Gasteiger partial charge >= 0.3 is 12.1 Å². The van der Waals surface area contributed by atoms with Crippen LogP contribution < -0.4 is 5.73 Å². The fourth-order valence-electron chi connectivity index (χ4n) is 1.08. The van der Waals surface area contributed by atoms with Crippen LogP contribution in [-0.2, 0) is 15.7 Å². The SMILES string of the molecule is CCOC(=O)C=Cc1nc(Br)c(C(F)(F)F)nc1N. The molecular weight excluding hydrogens is 331 g/mol. The van der Waals surface area contributed by atoms with E-state index in [2.05, 4.69) is 30.6 Å². The first kappa shape index (κ1) is 15.4. The average Bonchev–Trinajstić information content (AvgIpc) is 2.28. The second kappa shape index (κ2) is 6.00. The van der Waals surface area contributed by atoms with Gasteiger partial charge in [-0.25, -0.2) is 14.8 Å². The first-order valence-electron chi connectivity index (χ1n) is 5.00. The molecule has 1 aromatic heterocycles. The summed E-state index contributed by atoms with van der Waals surface area (Å²) in [6.07, 6.45) is -2.53. The summed E-state index contributed by atoms with van der Waals surface area (Å²) < 4.78 is 41.6. The highest BCUT2D eigenvalue weighted by Crippen LogP contribution is 2.33. The van der Waals surface area contributed by atoms with Crippen molar-refractivity contribution in [2.24, 2.45) is 0 Å². The zero-order chi connectivity index (χ0) is 14.6. The average molecular weight is 340 g/mol.